The van der Waals surface area contributed by atoms with Crippen molar-refractivity contribution < 1.29 is 0 Å². The molecule has 1 heterocycles. The molecule has 11 heavy (non-hydrogen) atoms. The molecular formula is C7H7N3S. The standard InChI is InChI=1S/C7H7N3S/c1-4-6(3-8)5(2)10-7(11)9-4/h1-2H3,(H,9,10,11). The topological polar surface area (TPSA) is 52.5 Å². The predicted molar refractivity (Wildman–Crippen MR) is 43.6 cm³/mol. The highest BCUT2D eigenvalue weighted by molar-refractivity contribution is 7.71. The monoisotopic (exact) mass is 165 g/mol. The van der Waals surface area contributed by atoms with Gasteiger partial charge in [0.1, 0.15) is 6.07 Å². The molecule has 0 bridgehead atoms. The van der Waals surface area contributed by atoms with Gasteiger partial charge in [0.15, 0.2) is 4.77 Å². The van der Waals surface area contributed by atoms with E-state index in [1.807, 2.05) is 6.92 Å². The van der Waals surface area contributed by atoms with Crippen LogP contribution in [0.4, 0.5) is 0 Å². The van der Waals surface area contributed by atoms with E-state index < -0.39 is 0 Å². The molecule has 1 aromatic heterocycles. The third-order valence-corrected chi connectivity index (χ3v) is 1.61. The maximum Gasteiger partial charge on any atom is 0.197 e. The molecular weight excluding hydrogens is 158 g/mol. The second-order valence-corrected chi connectivity index (χ2v) is 2.63. The Morgan fingerprint density at radius 1 is 1.55 bits per heavy atom. The number of aryl methyl sites for hydroxylation is 2. The number of rotatable bonds is 0. The van der Waals surface area contributed by atoms with E-state index in [0.29, 0.717) is 16.0 Å². The van der Waals surface area contributed by atoms with Gasteiger partial charge in [-0.05, 0) is 26.1 Å². The summed E-state index contributed by atoms with van der Waals surface area (Å²) in [4.78, 5) is 6.75. The fourth-order valence-corrected chi connectivity index (χ4v) is 1.19. The zero-order chi connectivity index (χ0) is 8.43. The van der Waals surface area contributed by atoms with Gasteiger partial charge in [-0.25, -0.2) is 4.98 Å². The van der Waals surface area contributed by atoms with Gasteiger partial charge in [-0.3, -0.25) is 0 Å². The first-order valence-corrected chi connectivity index (χ1v) is 3.53. The van der Waals surface area contributed by atoms with Crippen molar-refractivity contribution in [2.45, 2.75) is 13.8 Å². The van der Waals surface area contributed by atoms with Crippen LogP contribution in [-0.4, -0.2) is 9.97 Å². The summed E-state index contributed by atoms with van der Waals surface area (Å²) in [6.07, 6.45) is 0. The second-order valence-electron chi connectivity index (χ2n) is 2.24. The Labute approximate surface area is 69.7 Å². The van der Waals surface area contributed by atoms with Crippen molar-refractivity contribution in [3.05, 3.63) is 21.7 Å². The number of nitrogens with one attached hydrogen (secondary N) is 1. The van der Waals surface area contributed by atoms with Gasteiger partial charge >= 0.3 is 0 Å². The molecule has 0 aromatic carbocycles. The lowest BCUT2D eigenvalue weighted by Crippen LogP contribution is -1.95. The number of hydrogen-bond donors (Lipinski definition) is 1. The van der Waals surface area contributed by atoms with Crippen LogP contribution < -0.4 is 0 Å². The summed E-state index contributed by atoms with van der Waals surface area (Å²) in [5.74, 6) is 0. The van der Waals surface area contributed by atoms with Crippen LogP contribution in [0.2, 0.25) is 0 Å². The molecule has 1 rings (SSSR count). The highest BCUT2D eigenvalue weighted by Crippen LogP contribution is 2.05. The Morgan fingerprint density at radius 2 is 2.18 bits per heavy atom. The van der Waals surface area contributed by atoms with Gasteiger partial charge in [0, 0.05) is 5.69 Å². The van der Waals surface area contributed by atoms with Crippen molar-refractivity contribution in [3.8, 4) is 6.07 Å². The minimum atomic E-state index is 0.430. The predicted octanol–water partition coefficient (Wildman–Crippen LogP) is 1.63. The van der Waals surface area contributed by atoms with Crippen molar-refractivity contribution in [3.63, 3.8) is 0 Å². The summed E-state index contributed by atoms with van der Waals surface area (Å²) >= 11 is 4.82. The number of nitrogens with zero attached hydrogens (tertiary/aromatic N) is 2. The number of nitriles is 1. The lowest BCUT2D eigenvalue weighted by Gasteiger charge is -1.98. The largest absolute Gasteiger partial charge is 0.333 e. The van der Waals surface area contributed by atoms with Crippen molar-refractivity contribution in [1.29, 1.82) is 5.26 Å². The molecule has 56 valence electrons. The second kappa shape index (κ2) is 2.81. The molecule has 0 fully saturated rings. The van der Waals surface area contributed by atoms with Crippen LogP contribution in [0.25, 0.3) is 0 Å². The molecule has 0 saturated carbocycles. The quantitative estimate of drug-likeness (QED) is 0.594. The van der Waals surface area contributed by atoms with Crippen molar-refractivity contribution in [1.82, 2.24) is 9.97 Å². The van der Waals surface area contributed by atoms with E-state index in [2.05, 4.69) is 16.0 Å². The Kier molecular flexibility index (Phi) is 2.01. The maximum absolute atomic E-state index is 8.65. The lowest BCUT2D eigenvalue weighted by atomic mass is 10.2. The first kappa shape index (κ1) is 7.89. The molecule has 0 unspecified atom stereocenters. The van der Waals surface area contributed by atoms with E-state index >= 15 is 0 Å². The van der Waals surface area contributed by atoms with Crippen LogP contribution in [0.5, 0.6) is 0 Å². The Morgan fingerprint density at radius 3 is 2.64 bits per heavy atom. The molecule has 0 atom stereocenters. The molecule has 3 nitrogen and oxygen atoms in total. The third kappa shape index (κ3) is 1.44. The van der Waals surface area contributed by atoms with E-state index in [9.17, 15) is 0 Å². The van der Waals surface area contributed by atoms with Crippen LogP contribution in [0, 0.1) is 29.9 Å². The molecule has 0 aliphatic heterocycles. The maximum atomic E-state index is 8.65. The normalized spacial score (nSPS) is 9.18. The van der Waals surface area contributed by atoms with Crippen molar-refractivity contribution >= 4 is 12.2 Å². The van der Waals surface area contributed by atoms with Gasteiger partial charge in [-0.2, -0.15) is 5.26 Å². The van der Waals surface area contributed by atoms with E-state index in [1.165, 1.54) is 0 Å². The van der Waals surface area contributed by atoms with Gasteiger partial charge in [0.05, 0.1) is 11.3 Å². The average molecular weight is 165 g/mol. The molecule has 0 aliphatic rings. The molecule has 0 aliphatic carbocycles. The van der Waals surface area contributed by atoms with Crippen molar-refractivity contribution in [2.75, 3.05) is 0 Å². The SMILES string of the molecule is Cc1nc(=S)[nH]c(C)c1C#N. The van der Waals surface area contributed by atoms with Crippen LogP contribution in [0.15, 0.2) is 0 Å². The Hall–Kier alpha value is -1.21. The molecule has 4 heteroatoms. The molecule has 0 radical (unpaired) electrons. The van der Waals surface area contributed by atoms with Gasteiger partial charge in [-0.1, -0.05) is 0 Å². The minimum absolute atomic E-state index is 0.430. The average Bonchev–Trinajstić information content (AvgIpc) is 1.85. The summed E-state index contributed by atoms with van der Waals surface area (Å²) in [6.45, 7) is 3.58. The van der Waals surface area contributed by atoms with E-state index in [1.54, 1.807) is 6.92 Å². The molecule has 0 saturated heterocycles. The fraction of sp³-hybridized carbons (Fsp3) is 0.286. The smallest absolute Gasteiger partial charge is 0.197 e. The van der Waals surface area contributed by atoms with Crippen LogP contribution in [0.3, 0.4) is 0 Å². The summed E-state index contributed by atoms with van der Waals surface area (Å²) in [6, 6.07) is 2.05. The zero-order valence-electron chi connectivity index (χ0n) is 6.30. The minimum Gasteiger partial charge on any atom is -0.333 e. The van der Waals surface area contributed by atoms with Crippen LogP contribution in [0.1, 0.15) is 17.0 Å². The van der Waals surface area contributed by atoms with Crippen LogP contribution >= 0.6 is 12.2 Å². The van der Waals surface area contributed by atoms with Gasteiger partial charge in [0.2, 0.25) is 0 Å². The number of H-pyrrole nitrogens is 1. The van der Waals surface area contributed by atoms with Crippen LogP contribution in [-0.2, 0) is 0 Å². The molecule has 1 aromatic rings. The highest BCUT2D eigenvalue weighted by Gasteiger charge is 2.01. The highest BCUT2D eigenvalue weighted by atomic mass is 32.1. The summed E-state index contributed by atoms with van der Waals surface area (Å²) in [5, 5.41) is 8.65. The molecule has 0 spiro atoms. The Bertz CT molecular complexity index is 346. The van der Waals surface area contributed by atoms with Gasteiger partial charge in [-0.15, -0.1) is 0 Å². The molecule has 1 N–H and O–H groups in total. The third-order valence-electron chi connectivity index (χ3n) is 1.41. The summed E-state index contributed by atoms with van der Waals surface area (Å²) < 4.78 is 0.430. The number of aromatic nitrogens is 2. The lowest BCUT2D eigenvalue weighted by molar-refractivity contribution is 1.01. The van der Waals surface area contributed by atoms with Crippen molar-refractivity contribution in [2.24, 2.45) is 0 Å². The van der Waals surface area contributed by atoms with Gasteiger partial charge < -0.3 is 4.98 Å². The van der Waals surface area contributed by atoms with E-state index in [0.717, 1.165) is 5.69 Å². The first-order chi connectivity index (χ1) is 5.15. The van der Waals surface area contributed by atoms with Gasteiger partial charge in [0.25, 0.3) is 0 Å². The zero-order valence-corrected chi connectivity index (χ0v) is 7.12. The first-order valence-electron chi connectivity index (χ1n) is 3.12. The van der Waals surface area contributed by atoms with E-state index in [-0.39, 0.29) is 0 Å². The van der Waals surface area contributed by atoms with E-state index in [4.69, 9.17) is 17.5 Å². The number of hydrogen-bond acceptors (Lipinski definition) is 3. The summed E-state index contributed by atoms with van der Waals surface area (Å²) in [7, 11) is 0. The Balaban J connectivity index is 3.52. The fourth-order valence-electron chi connectivity index (χ4n) is 0.895. The number of aromatic amines is 1. The summed E-state index contributed by atoms with van der Waals surface area (Å²) in [5.41, 5.74) is 2.05. The molecule has 0 amide bonds.